The van der Waals surface area contributed by atoms with Gasteiger partial charge in [-0.2, -0.15) is 0 Å². The van der Waals surface area contributed by atoms with E-state index in [1.54, 1.807) is 0 Å². The molecule has 7 rings (SSSR count). The van der Waals surface area contributed by atoms with Gasteiger partial charge in [0.2, 0.25) is 0 Å². The molecule has 3 nitrogen and oxygen atoms in total. The van der Waals surface area contributed by atoms with Gasteiger partial charge in [0.05, 0.1) is 22.1 Å². The van der Waals surface area contributed by atoms with Crippen molar-refractivity contribution in [1.82, 2.24) is 9.13 Å². The van der Waals surface area contributed by atoms with Crippen LogP contribution in [-0.4, -0.2) is 15.0 Å². The van der Waals surface area contributed by atoms with Gasteiger partial charge in [-0.1, -0.05) is 84.9 Å². The van der Waals surface area contributed by atoms with Crippen molar-refractivity contribution in [3.63, 3.8) is 0 Å². The first kappa shape index (κ1) is 22.3. The van der Waals surface area contributed by atoms with Crippen LogP contribution in [0.5, 0.6) is 0 Å². The number of aliphatic imine (C=N–C) groups is 1. The van der Waals surface area contributed by atoms with Crippen LogP contribution in [0.3, 0.4) is 0 Å². The summed E-state index contributed by atoms with van der Waals surface area (Å²) in [5.41, 5.74) is 8.24. The van der Waals surface area contributed by atoms with E-state index in [1.165, 1.54) is 43.6 Å². The Labute approximate surface area is 221 Å². The van der Waals surface area contributed by atoms with Crippen LogP contribution in [-0.2, 0) is 0 Å². The molecular weight excluding hydrogens is 462 g/mol. The van der Waals surface area contributed by atoms with E-state index in [4.69, 9.17) is 4.99 Å². The summed E-state index contributed by atoms with van der Waals surface area (Å²) in [4.78, 5) is 4.91. The molecule has 2 heterocycles. The molecule has 0 atom stereocenters. The van der Waals surface area contributed by atoms with Crippen molar-refractivity contribution in [1.29, 1.82) is 0 Å². The quantitative estimate of drug-likeness (QED) is 0.174. The summed E-state index contributed by atoms with van der Waals surface area (Å²) >= 11 is 0. The predicted molar refractivity (Wildman–Crippen MR) is 162 cm³/mol. The lowest BCUT2D eigenvalue weighted by atomic mass is 10.1. The Morgan fingerprint density at radius 1 is 0.526 bits per heavy atom. The summed E-state index contributed by atoms with van der Waals surface area (Å²) in [6.07, 6.45) is 1.98. The molecule has 0 amide bonds. The normalized spacial score (nSPS) is 12.8. The number of nitrogens with zero attached hydrogens (tertiary/aromatic N) is 3. The molecule has 0 unspecified atom stereocenters. The lowest BCUT2D eigenvalue weighted by Crippen LogP contribution is -2.06. The monoisotopic (exact) mass is 489 g/mol. The van der Waals surface area contributed by atoms with Gasteiger partial charge in [0, 0.05) is 33.4 Å². The van der Waals surface area contributed by atoms with Crippen LogP contribution in [0, 0.1) is 0 Å². The van der Waals surface area contributed by atoms with Crippen LogP contribution < -0.4 is 0 Å². The fourth-order valence-electron chi connectivity index (χ4n) is 5.67. The Hall–Kier alpha value is -4.89. The molecule has 2 aromatic heterocycles. The van der Waals surface area contributed by atoms with E-state index >= 15 is 0 Å². The zero-order valence-electron chi connectivity index (χ0n) is 21.5. The van der Waals surface area contributed by atoms with Crippen molar-refractivity contribution in [3.05, 3.63) is 133 Å². The largest absolute Gasteiger partial charge is 0.309 e. The van der Waals surface area contributed by atoms with Gasteiger partial charge in [0.25, 0.3) is 0 Å². The number of benzene rings is 5. The van der Waals surface area contributed by atoms with Gasteiger partial charge >= 0.3 is 0 Å². The number of aromatic nitrogens is 2. The SMILES string of the molecule is CC(=N/C=C(\C)c1ccc(-n2c3ccccc3c3ccccc32)cc1)n1c2ccccc2c2ccccc21. The number of hydrogen-bond donors (Lipinski definition) is 0. The molecule has 0 aliphatic rings. The van der Waals surface area contributed by atoms with Crippen LogP contribution >= 0.6 is 0 Å². The fraction of sp³-hybridized carbons (Fsp3) is 0.0571. The Balaban J connectivity index is 1.26. The van der Waals surface area contributed by atoms with Gasteiger partial charge in [0.1, 0.15) is 5.84 Å². The van der Waals surface area contributed by atoms with Crippen molar-refractivity contribution >= 4 is 55.0 Å². The minimum absolute atomic E-state index is 0.948. The van der Waals surface area contributed by atoms with E-state index in [0.717, 1.165) is 22.7 Å². The number of hydrogen-bond acceptors (Lipinski definition) is 1. The molecule has 7 aromatic rings. The van der Waals surface area contributed by atoms with Gasteiger partial charge in [-0.25, -0.2) is 4.99 Å². The summed E-state index contributed by atoms with van der Waals surface area (Å²) in [7, 11) is 0. The summed E-state index contributed by atoms with van der Waals surface area (Å²) in [5.74, 6) is 0.948. The standard InChI is InChI=1S/C35H27N3/c1-24(23-36-25(2)37-32-15-7-3-11-28(32)29-12-4-8-16-33(29)37)26-19-21-27(22-20-26)38-34-17-9-5-13-30(34)31-14-6-10-18-35(31)38/h3-23H,1-2H3/b24-23+,36-25?. The highest BCUT2D eigenvalue weighted by Crippen LogP contribution is 2.32. The lowest BCUT2D eigenvalue weighted by Gasteiger charge is -2.09. The van der Waals surface area contributed by atoms with Gasteiger partial charge in [0.15, 0.2) is 0 Å². The minimum atomic E-state index is 0.948. The van der Waals surface area contributed by atoms with E-state index in [2.05, 4.69) is 144 Å². The fourth-order valence-corrected chi connectivity index (χ4v) is 5.67. The molecular formula is C35H27N3. The van der Waals surface area contributed by atoms with E-state index < -0.39 is 0 Å². The molecule has 0 spiro atoms. The maximum absolute atomic E-state index is 4.91. The summed E-state index contributed by atoms with van der Waals surface area (Å²) in [6, 6.07) is 43.1. The van der Waals surface area contributed by atoms with Gasteiger partial charge in [-0.3, -0.25) is 4.57 Å². The van der Waals surface area contributed by atoms with E-state index in [0.29, 0.717) is 0 Å². The molecule has 0 bridgehead atoms. The Bertz CT molecular complexity index is 1930. The van der Waals surface area contributed by atoms with Crippen molar-refractivity contribution in [2.45, 2.75) is 13.8 Å². The molecule has 5 aromatic carbocycles. The summed E-state index contributed by atoms with van der Waals surface area (Å²) in [5, 5.41) is 5.05. The highest BCUT2D eigenvalue weighted by atomic mass is 15.1. The molecule has 0 saturated heterocycles. The van der Waals surface area contributed by atoms with E-state index in [9.17, 15) is 0 Å². The molecule has 0 aliphatic carbocycles. The average molecular weight is 490 g/mol. The minimum Gasteiger partial charge on any atom is -0.309 e. The molecule has 0 fully saturated rings. The third-order valence-electron chi connectivity index (χ3n) is 7.51. The second-order valence-corrected chi connectivity index (χ2v) is 9.77. The maximum atomic E-state index is 4.91. The second-order valence-electron chi connectivity index (χ2n) is 9.77. The third kappa shape index (κ3) is 3.47. The predicted octanol–water partition coefficient (Wildman–Crippen LogP) is 9.22. The first-order chi connectivity index (χ1) is 18.7. The van der Waals surface area contributed by atoms with Crippen LogP contribution in [0.25, 0.3) is 54.9 Å². The Kier molecular flexibility index (Phi) is 5.22. The van der Waals surface area contributed by atoms with Gasteiger partial charge < -0.3 is 4.57 Å². The Morgan fingerprint density at radius 2 is 0.947 bits per heavy atom. The van der Waals surface area contributed by atoms with Crippen molar-refractivity contribution < 1.29 is 0 Å². The van der Waals surface area contributed by atoms with E-state index in [-0.39, 0.29) is 0 Å². The smallest absolute Gasteiger partial charge is 0.110 e. The van der Waals surface area contributed by atoms with Crippen LogP contribution in [0.15, 0.2) is 133 Å². The molecule has 0 saturated carbocycles. The molecule has 182 valence electrons. The summed E-state index contributed by atoms with van der Waals surface area (Å²) < 4.78 is 4.60. The first-order valence-electron chi connectivity index (χ1n) is 13.0. The molecule has 0 N–H and O–H groups in total. The topological polar surface area (TPSA) is 22.2 Å². The molecule has 0 radical (unpaired) electrons. The van der Waals surface area contributed by atoms with Gasteiger partial charge in [-0.15, -0.1) is 0 Å². The molecule has 0 aliphatic heterocycles. The van der Waals surface area contributed by atoms with Crippen LogP contribution in [0.4, 0.5) is 0 Å². The first-order valence-corrected chi connectivity index (χ1v) is 13.0. The number of para-hydroxylation sites is 4. The van der Waals surface area contributed by atoms with Crippen molar-refractivity contribution in [2.75, 3.05) is 0 Å². The highest BCUT2D eigenvalue weighted by molar-refractivity contribution is 6.14. The second kappa shape index (κ2) is 8.89. The van der Waals surface area contributed by atoms with Crippen LogP contribution in [0.1, 0.15) is 19.4 Å². The molecule has 3 heteroatoms. The lowest BCUT2D eigenvalue weighted by molar-refractivity contribution is 1.18. The van der Waals surface area contributed by atoms with Gasteiger partial charge in [-0.05, 0) is 61.4 Å². The zero-order valence-corrected chi connectivity index (χ0v) is 21.5. The van der Waals surface area contributed by atoms with Crippen LogP contribution in [0.2, 0.25) is 0 Å². The zero-order chi connectivity index (χ0) is 25.6. The number of allylic oxidation sites excluding steroid dienone is 1. The van der Waals surface area contributed by atoms with E-state index in [1.807, 2.05) is 6.20 Å². The average Bonchev–Trinajstić information content (AvgIpc) is 3.49. The summed E-state index contributed by atoms with van der Waals surface area (Å²) in [6.45, 7) is 4.20. The van der Waals surface area contributed by atoms with Crippen molar-refractivity contribution in [2.24, 2.45) is 4.99 Å². The Morgan fingerprint density at radius 3 is 1.45 bits per heavy atom. The number of rotatable bonds is 3. The number of fused-ring (bicyclic) bond motifs is 6. The maximum Gasteiger partial charge on any atom is 0.110 e. The highest BCUT2D eigenvalue weighted by Gasteiger charge is 2.12. The molecule has 38 heavy (non-hydrogen) atoms. The van der Waals surface area contributed by atoms with Crippen molar-refractivity contribution in [3.8, 4) is 5.69 Å². The third-order valence-corrected chi connectivity index (χ3v) is 7.51.